The van der Waals surface area contributed by atoms with Crippen LogP contribution in [0.3, 0.4) is 0 Å². The van der Waals surface area contributed by atoms with Gasteiger partial charge in [0.15, 0.2) is 24.4 Å². The van der Waals surface area contributed by atoms with E-state index in [-0.39, 0.29) is 22.3 Å². The van der Waals surface area contributed by atoms with Crippen molar-refractivity contribution in [1.29, 1.82) is 0 Å². The molecule has 2 fully saturated rings. The highest BCUT2D eigenvalue weighted by atomic mass is 16.8. The Balaban J connectivity index is 2.67. The SMILES string of the molecule is C=C(C)C(=O)O[C@@H]1[C@@H](CO)O[C@@](CO)(O[C@H]2O[C@H](CO)[C@@H](O)[C@H](OC(=O)C(=C)C)[C@H]2OC(=O)C(=C)C)[C@H]1OC(=O)C(=C)C. The van der Waals surface area contributed by atoms with E-state index in [0.717, 1.165) is 0 Å². The van der Waals surface area contributed by atoms with Gasteiger partial charge >= 0.3 is 23.9 Å². The van der Waals surface area contributed by atoms with E-state index in [0.29, 0.717) is 0 Å². The van der Waals surface area contributed by atoms with Gasteiger partial charge < -0.3 is 53.6 Å². The molecule has 2 aliphatic rings. The zero-order valence-electron chi connectivity index (χ0n) is 24.3. The highest BCUT2D eigenvalue weighted by Crippen LogP contribution is 2.40. The maximum Gasteiger partial charge on any atom is 0.333 e. The molecule has 2 aliphatic heterocycles. The summed E-state index contributed by atoms with van der Waals surface area (Å²) >= 11 is 0. The van der Waals surface area contributed by atoms with Crippen molar-refractivity contribution in [2.75, 3.05) is 19.8 Å². The fraction of sp³-hybridized carbons (Fsp3) is 0.571. The summed E-state index contributed by atoms with van der Waals surface area (Å²) in [5.41, 5.74) is -0.376. The van der Waals surface area contributed by atoms with Crippen LogP contribution in [0.15, 0.2) is 48.6 Å². The van der Waals surface area contributed by atoms with Crippen molar-refractivity contribution in [3.8, 4) is 0 Å². The first-order valence-corrected chi connectivity index (χ1v) is 13.0. The zero-order valence-corrected chi connectivity index (χ0v) is 24.3. The quantitative estimate of drug-likeness (QED) is 0.113. The van der Waals surface area contributed by atoms with Crippen molar-refractivity contribution in [3.05, 3.63) is 48.6 Å². The maximum absolute atomic E-state index is 12.6. The Kier molecular flexibility index (Phi) is 12.3. The first-order chi connectivity index (χ1) is 20.0. The summed E-state index contributed by atoms with van der Waals surface area (Å²) in [6.07, 6.45) is -13.7. The molecule has 0 aromatic heterocycles. The fourth-order valence-electron chi connectivity index (χ4n) is 4.01. The molecule has 15 heteroatoms. The number of ether oxygens (including phenoxy) is 7. The van der Waals surface area contributed by atoms with E-state index in [9.17, 15) is 39.6 Å². The molecule has 0 bridgehead atoms. The van der Waals surface area contributed by atoms with Crippen LogP contribution in [-0.2, 0) is 52.3 Å². The Labute approximate surface area is 247 Å². The molecular weight excluding hydrogens is 576 g/mol. The molecular formula is C28H38O15. The molecule has 0 radical (unpaired) electrons. The highest BCUT2D eigenvalue weighted by Gasteiger charge is 2.63. The zero-order chi connectivity index (χ0) is 32.8. The second kappa shape index (κ2) is 14.8. The molecule has 0 amide bonds. The molecule has 43 heavy (non-hydrogen) atoms. The van der Waals surface area contributed by atoms with Crippen LogP contribution in [0.25, 0.3) is 0 Å². The van der Waals surface area contributed by atoms with E-state index in [4.69, 9.17) is 33.2 Å². The monoisotopic (exact) mass is 614 g/mol. The molecule has 2 heterocycles. The maximum atomic E-state index is 12.6. The Morgan fingerprint density at radius 3 is 1.51 bits per heavy atom. The first-order valence-electron chi connectivity index (χ1n) is 13.0. The van der Waals surface area contributed by atoms with Crippen molar-refractivity contribution in [1.82, 2.24) is 0 Å². The Bertz CT molecular complexity index is 1140. The molecule has 240 valence electrons. The van der Waals surface area contributed by atoms with E-state index in [1.165, 1.54) is 27.7 Å². The molecule has 0 spiro atoms. The molecule has 0 aliphatic carbocycles. The summed E-state index contributed by atoms with van der Waals surface area (Å²) in [6, 6.07) is 0. The highest BCUT2D eigenvalue weighted by molar-refractivity contribution is 5.89. The van der Waals surface area contributed by atoms with Crippen LogP contribution in [0, 0.1) is 0 Å². The molecule has 0 aromatic carbocycles. The largest absolute Gasteiger partial charge is 0.452 e. The summed E-state index contributed by atoms with van der Waals surface area (Å²) in [5, 5.41) is 41.4. The van der Waals surface area contributed by atoms with Gasteiger partial charge in [0, 0.05) is 22.3 Å². The Hall–Kier alpha value is -3.44. The molecule has 15 nitrogen and oxygen atoms in total. The number of aliphatic hydroxyl groups is 4. The number of aliphatic hydroxyl groups excluding tert-OH is 4. The van der Waals surface area contributed by atoms with Gasteiger partial charge in [-0.2, -0.15) is 0 Å². The predicted octanol–water partition coefficient (Wildman–Crippen LogP) is -0.888. The smallest absolute Gasteiger partial charge is 0.333 e. The average molecular weight is 615 g/mol. The summed E-state index contributed by atoms with van der Waals surface area (Å²) in [4.78, 5) is 50.2. The molecule has 4 N–H and O–H groups in total. The summed E-state index contributed by atoms with van der Waals surface area (Å²) in [6.45, 7) is 16.3. The van der Waals surface area contributed by atoms with Crippen molar-refractivity contribution >= 4 is 23.9 Å². The van der Waals surface area contributed by atoms with Gasteiger partial charge in [0.2, 0.25) is 12.1 Å². The van der Waals surface area contributed by atoms with Gasteiger partial charge in [-0.1, -0.05) is 26.3 Å². The standard InChI is InChI=1S/C28H38O15/c1-12(2)23(33)38-19-17(10-30)42-28(11-31,22(19)41-26(36)15(7)8)43-27-21(40-25(35)14(5)6)20(39-24(34)13(3)4)18(32)16(9-29)37-27/h16-22,27,29-32H,1,3,5,7,9-11H2,2,4,6,8H3/t16-,17-,18-,19-,20+,21-,22+,27-,28+/m1/s1. The van der Waals surface area contributed by atoms with Gasteiger partial charge in [-0.05, 0) is 27.7 Å². The van der Waals surface area contributed by atoms with E-state index < -0.39 is 98.5 Å². The van der Waals surface area contributed by atoms with Gasteiger partial charge in [0.25, 0.3) is 0 Å². The number of hydrogen-bond acceptors (Lipinski definition) is 15. The summed E-state index contributed by atoms with van der Waals surface area (Å²) < 4.78 is 39.0. The van der Waals surface area contributed by atoms with Gasteiger partial charge in [0.1, 0.15) is 24.9 Å². The van der Waals surface area contributed by atoms with E-state index in [1.807, 2.05) is 0 Å². The Morgan fingerprint density at radius 1 is 0.674 bits per heavy atom. The van der Waals surface area contributed by atoms with Crippen molar-refractivity contribution in [3.63, 3.8) is 0 Å². The number of esters is 4. The number of carbonyl (C=O) groups is 4. The fourth-order valence-corrected chi connectivity index (χ4v) is 4.01. The molecule has 2 rings (SSSR count). The molecule has 9 atom stereocenters. The van der Waals surface area contributed by atoms with Crippen LogP contribution in [0.2, 0.25) is 0 Å². The van der Waals surface area contributed by atoms with Crippen LogP contribution in [-0.4, -0.2) is 119 Å². The first kappa shape index (κ1) is 35.8. The van der Waals surface area contributed by atoms with Gasteiger partial charge in [-0.3, -0.25) is 0 Å². The van der Waals surface area contributed by atoms with Crippen molar-refractivity contribution in [2.24, 2.45) is 0 Å². The van der Waals surface area contributed by atoms with Gasteiger partial charge in [-0.15, -0.1) is 0 Å². The van der Waals surface area contributed by atoms with E-state index in [2.05, 4.69) is 26.3 Å². The second-order valence-corrected chi connectivity index (χ2v) is 10.2. The third kappa shape index (κ3) is 8.14. The molecule has 0 unspecified atom stereocenters. The lowest BCUT2D eigenvalue weighted by molar-refractivity contribution is -0.383. The van der Waals surface area contributed by atoms with E-state index in [1.54, 1.807) is 0 Å². The van der Waals surface area contributed by atoms with Crippen molar-refractivity contribution in [2.45, 2.75) is 82.5 Å². The van der Waals surface area contributed by atoms with Gasteiger partial charge in [-0.25, -0.2) is 19.2 Å². The molecule has 2 saturated heterocycles. The molecule has 0 saturated carbocycles. The third-order valence-corrected chi connectivity index (χ3v) is 6.32. The predicted molar refractivity (Wildman–Crippen MR) is 143 cm³/mol. The van der Waals surface area contributed by atoms with Crippen LogP contribution >= 0.6 is 0 Å². The third-order valence-electron chi connectivity index (χ3n) is 6.32. The minimum atomic E-state index is -2.51. The number of hydrogen-bond donors (Lipinski definition) is 4. The number of carbonyl (C=O) groups excluding carboxylic acids is 4. The van der Waals surface area contributed by atoms with Gasteiger partial charge in [0.05, 0.1) is 13.2 Å². The topological polar surface area (TPSA) is 214 Å². The van der Waals surface area contributed by atoms with Crippen LogP contribution < -0.4 is 0 Å². The van der Waals surface area contributed by atoms with Crippen LogP contribution in [0.1, 0.15) is 27.7 Å². The van der Waals surface area contributed by atoms with Crippen molar-refractivity contribution < 1.29 is 72.8 Å². The summed E-state index contributed by atoms with van der Waals surface area (Å²) in [7, 11) is 0. The number of rotatable bonds is 13. The summed E-state index contributed by atoms with van der Waals surface area (Å²) in [5.74, 6) is -6.55. The minimum Gasteiger partial charge on any atom is -0.452 e. The normalized spacial score (nSPS) is 31.8. The molecule has 0 aromatic rings. The van der Waals surface area contributed by atoms with Crippen LogP contribution in [0.4, 0.5) is 0 Å². The van der Waals surface area contributed by atoms with Crippen LogP contribution in [0.5, 0.6) is 0 Å². The lowest BCUT2D eigenvalue weighted by Gasteiger charge is -2.45. The Morgan fingerprint density at radius 2 is 1.09 bits per heavy atom. The average Bonchev–Trinajstić information content (AvgIpc) is 3.23. The second-order valence-electron chi connectivity index (χ2n) is 10.2. The minimum absolute atomic E-state index is 0.0617. The van der Waals surface area contributed by atoms with E-state index >= 15 is 0 Å². The lowest BCUT2D eigenvalue weighted by atomic mass is 9.97. The lowest BCUT2D eigenvalue weighted by Crippen LogP contribution is -2.65.